The lowest BCUT2D eigenvalue weighted by Gasteiger charge is -2.17. The second kappa shape index (κ2) is 5.78. The van der Waals surface area contributed by atoms with Crippen LogP contribution >= 0.6 is 11.3 Å². The molecule has 1 N–H and O–H groups in total. The van der Waals surface area contributed by atoms with Gasteiger partial charge in [0.1, 0.15) is 11.5 Å². The molecule has 0 fully saturated rings. The van der Waals surface area contributed by atoms with E-state index in [2.05, 4.69) is 60.1 Å². The van der Waals surface area contributed by atoms with E-state index in [1.165, 1.54) is 16.0 Å². The number of anilines is 1. The van der Waals surface area contributed by atoms with Gasteiger partial charge in [-0.2, -0.15) is 0 Å². The third kappa shape index (κ3) is 2.88. The smallest absolute Gasteiger partial charge is 0.106 e. The Morgan fingerprint density at radius 1 is 1.10 bits per heavy atom. The molecule has 0 aliphatic heterocycles. The molecule has 3 heteroatoms. The largest absolute Gasteiger partial charge is 0.466 e. The van der Waals surface area contributed by atoms with Crippen LogP contribution in [0, 0.1) is 13.8 Å². The lowest BCUT2D eigenvalue weighted by Crippen LogP contribution is -2.07. The van der Waals surface area contributed by atoms with E-state index in [0.717, 1.165) is 17.2 Å². The first-order valence-electron chi connectivity index (χ1n) is 7.11. The summed E-state index contributed by atoms with van der Waals surface area (Å²) < 4.78 is 5.64. The molecule has 0 radical (unpaired) electrons. The highest BCUT2D eigenvalue weighted by atomic mass is 32.1. The van der Waals surface area contributed by atoms with E-state index in [0.29, 0.717) is 0 Å². The Labute approximate surface area is 129 Å². The molecule has 0 aliphatic carbocycles. The fraction of sp³-hybridized carbons (Fsp3) is 0.222. The summed E-state index contributed by atoms with van der Waals surface area (Å²) in [4.78, 5) is 1.28. The van der Waals surface area contributed by atoms with Crippen molar-refractivity contribution in [3.05, 3.63) is 64.9 Å². The van der Waals surface area contributed by atoms with E-state index < -0.39 is 0 Å². The second-order valence-corrected chi connectivity index (χ2v) is 6.21. The Morgan fingerprint density at radius 3 is 2.57 bits per heavy atom. The summed E-state index contributed by atoms with van der Waals surface area (Å²) in [5, 5.41) is 5.73. The Hall–Kier alpha value is -2.00. The average Bonchev–Trinajstić information content (AvgIpc) is 3.09. The Balaban J connectivity index is 1.90. The zero-order valence-electron chi connectivity index (χ0n) is 12.5. The highest BCUT2D eigenvalue weighted by molar-refractivity contribution is 7.13. The summed E-state index contributed by atoms with van der Waals surface area (Å²) in [5.41, 5.74) is 3.62. The molecule has 2 nitrogen and oxygen atoms in total. The van der Waals surface area contributed by atoms with Gasteiger partial charge in [-0.05, 0) is 44.4 Å². The molecule has 21 heavy (non-hydrogen) atoms. The molecule has 108 valence electrons. The van der Waals surface area contributed by atoms with Crippen LogP contribution < -0.4 is 5.32 Å². The van der Waals surface area contributed by atoms with Crippen molar-refractivity contribution in [2.45, 2.75) is 26.8 Å². The van der Waals surface area contributed by atoms with Crippen molar-refractivity contribution in [2.24, 2.45) is 0 Å². The topological polar surface area (TPSA) is 25.2 Å². The molecular weight excluding hydrogens is 278 g/mol. The van der Waals surface area contributed by atoms with Gasteiger partial charge in [0.15, 0.2) is 0 Å². The van der Waals surface area contributed by atoms with Crippen molar-refractivity contribution < 1.29 is 4.42 Å². The zero-order valence-corrected chi connectivity index (χ0v) is 13.3. The van der Waals surface area contributed by atoms with Crippen LogP contribution in [0.5, 0.6) is 0 Å². The first-order valence-corrected chi connectivity index (χ1v) is 7.99. The van der Waals surface area contributed by atoms with Crippen LogP contribution in [0.15, 0.2) is 52.3 Å². The number of aryl methyl sites for hydroxylation is 2. The summed E-state index contributed by atoms with van der Waals surface area (Å²) in [5.74, 6) is 1.95. The number of hydrogen-bond donors (Lipinski definition) is 1. The molecule has 2 aromatic heterocycles. The molecule has 0 aliphatic rings. The molecule has 2 heterocycles. The maximum absolute atomic E-state index is 5.64. The molecule has 0 saturated carbocycles. The Bertz CT molecular complexity index is 728. The van der Waals surface area contributed by atoms with E-state index in [1.54, 1.807) is 11.3 Å². The van der Waals surface area contributed by atoms with Gasteiger partial charge in [0.2, 0.25) is 0 Å². The molecule has 0 bridgehead atoms. The van der Waals surface area contributed by atoms with Gasteiger partial charge in [-0.25, -0.2) is 0 Å². The van der Waals surface area contributed by atoms with Gasteiger partial charge < -0.3 is 9.73 Å². The van der Waals surface area contributed by atoms with Crippen LogP contribution in [-0.2, 0) is 0 Å². The predicted octanol–water partition coefficient (Wildman–Crippen LogP) is 5.80. The monoisotopic (exact) mass is 297 g/mol. The van der Waals surface area contributed by atoms with Gasteiger partial charge in [0.05, 0.1) is 6.04 Å². The fourth-order valence-corrected chi connectivity index (χ4v) is 3.41. The second-order valence-electron chi connectivity index (χ2n) is 5.26. The van der Waals surface area contributed by atoms with Gasteiger partial charge in [0, 0.05) is 21.7 Å². The number of thiophene rings is 1. The number of furan rings is 1. The van der Waals surface area contributed by atoms with Gasteiger partial charge in [-0.3, -0.25) is 0 Å². The minimum atomic E-state index is 0.212. The molecule has 1 unspecified atom stereocenters. The average molecular weight is 297 g/mol. The van der Waals surface area contributed by atoms with E-state index in [4.69, 9.17) is 4.42 Å². The van der Waals surface area contributed by atoms with E-state index in [-0.39, 0.29) is 6.04 Å². The normalized spacial score (nSPS) is 12.3. The highest BCUT2D eigenvalue weighted by Gasteiger charge is 2.14. The minimum Gasteiger partial charge on any atom is -0.466 e. The van der Waals surface area contributed by atoms with Crippen molar-refractivity contribution in [2.75, 3.05) is 5.32 Å². The Kier molecular flexibility index (Phi) is 3.84. The van der Waals surface area contributed by atoms with E-state index in [1.807, 2.05) is 13.8 Å². The van der Waals surface area contributed by atoms with Gasteiger partial charge in [-0.1, -0.05) is 24.3 Å². The third-order valence-electron chi connectivity index (χ3n) is 3.63. The maximum Gasteiger partial charge on any atom is 0.106 e. The standard InChI is InChI=1S/C18H19NOS/c1-12-11-16(14(3)20-12)13(2)19-17-8-5-4-7-15(17)18-9-6-10-21-18/h4-11,13,19H,1-3H3. The lowest BCUT2D eigenvalue weighted by molar-refractivity contribution is 0.500. The van der Waals surface area contributed by atoms with E-state index >= 15 is 0 Å². The van der Waals surface area contributed by atoms with Crippen molar-refractivity contribution >= 4 is 17.0 Å². The van der Waals surface area contributed by atoms with Crippen molar-refractivity contribution in [1.29, 1.82) is 0 Å². The van der Waals surface area contributed by atoms with Gasteiger partial charge in [-0.15, -0.1) is 11.3 Å². The van der Waals surface area contributed by atoms with Gasteiger partial charge in [0.25, 0.3) is 0 Å². The lowest BCUT2D eigenvalue weighted by atomic mass is 10.1. The van der Waals surface area contributed by atoms with Crippen LogP contribution in [0.2, 0.25) is 0 Å². The predicted molar refractivity (Wildman–Crippen MR) is 90.0 cm³/mol. The first kappa shape index (κ1) is 14.0. The highest BCUT2D eigenvalue weighted by Crippen LogP contribution is 2.34. The fourth-order valence-electron chi connectivity index (χ4n) is 2.65. The van der Waals surface area contributed by atoms with Crippen LogP contribution in [-0.4, -0.2) is 0 Å². The molecule has 0 spiro atoms. The molecular formula is C18H19NOS. The Morgan fingerprint density at radius 2 is 1.90 bits per heavy atom. The zero-order chi connectivity index (χ0) is 14.8. The third-order valence-corrected chi connectivity index (χ3v) is 4.53. The van der Waals surface area contributed by atoms with Crippen molar-refractivity contribution in [3.8, 4) is 10.4 Å². The van der Waals surface area contributed by atoms with Gasteiger partial charge >= 0.3 is 0 Å². The quantitative estimate of drug-likeness (QED) is 0.658. The number of nitrogens with one attached hydrogen (secondary N) is 1. The van der Waals surface area contributed by atoms with Crippen LogP contribution in [0.4, 0.5) is 5.69 Å². The molecule has 3 aromatic rings. The number of para-hydroxylation sites is 1. The minimum absolute atomic E-state index is 0.212. The van der Waals surface area contributed by atoms with Crippen molar-refractivity contribution in [1.82, 2.24) is 0 Å². The molecule has 0 amide bonds. The maximum atomic E-state index is 5.64. The summed E-state index contributed by atoms with van der Waals surface area (Å²) >= 11 is 1.76. The van der Waals surface area contributed by atoms with Crippen LogP contribution in [0.3, 0.4) is 0 Å². The molecule has 1 atom stereocenters. The van der Waals surface area contributed by atoms with Crippen LogP contribution in [0.25, 0.3) is 10.4 Å². The summed E-state index contributed by atoms with van der Waals surface area (Å²) in [6.07, 6.45) is 0. The number of benzene rings is 1. The molecule has 0 saturated heterocycles. The molecule has 1 aromatic carbocycles. The SMILES string of the molecule is Cc1cc(C(C)Nc2ccccc2-c2cccs2)c(C)o1. The first-order chi connectivity index (χ1) is 10.1. The summed E-state index contributed by atoms with van der Waals surface area (Å²) in [6.45, 7) is 6.18. The summed E-state index contributed by atoms with van der Waals surface area (Å²) in [7, 11) is 0. The number of rotatable bonds is 4. The molecule has 3 rings (SSSR count). The number of hydrogen-bond acceptors (Lipinski definition) is 3. The van der Waals surface area contributed by atoms with E-state index in [9.17, 15) is 0 Å². The van der Waals surface area contributed by atoms with Crippen LogP contribution in [0.1, 0.15) is 30.0 Å². The summed E-state index contributed by atoms with van der Waals surface area (Å²) in [6, 6.07) is 15.0. The van der Waals surface area contributed by atoms with Crippen molar-refractivity contribution in [3.63, 3.8) is 0 Å².